The zero-order valence-corrected chi connectivity index (χ0v) is 10.6. The molecule has 4 nitrogen and oxygen atoms in total. The molecule has 0 aromatic carbocycles. The van der Waals surface area contributed by atoms with Gasteiger partial charge in [0.15, 0.2) is 0 Å². The number of hydrogen-bond acceptors (Lipinski definition) is 4. The smallest absolute Gasteiger partial charge is 0.317 e. The zero-order valence-electron chi connectivity index (χ0n) is 10.6. The number of esters is 2. The van der Waals surface area contributed by atoms with Crippen molar-refractivity contribution in [2.45, 2.75) is 53.1 Å². The first kappa shape index (κ1) is 14.9. The van der Waals surface area contributed by atoms with Crippen LogP contribution in [0.3, 0.4) is 0 Å². The van der Waals surface area contributed by atoms with E-state index in [4.69, 9.17) is 9.47 Å². The molecule has 0 heterocycles. The van der Waals surface area contributed by atoms with Crippen LogP contribution < -0.4 is 0 Å². The second-order valence-electron chi connectivity index (χ2n) is 4.33. The van der Waals surface area contributed by atoms with Crippen molar-refractivity contribution in [3.05, 3.63) is 0 Å². The Bertz CT molecular complexity index is 223. The van der Waals surface area contributed by atoms with E-state index in [2.05, 4.69) is 13.8 Å². The predicted molar refractivity (Wildman–Crippen MR) is 60.9 cm³/mol. The molecule has 0 N–H and O–H groups in total. The number of carbonyl (C=O) groups is 2. The Labute approximate surface area is 97.3 Å². The quantitative estimate of drug-likeness (QED) is 0.497. The second-order valence-corrected chi connectivity index (χ2v) is 4.33. The molecule has 0 aromatic rings. The summed E-state index contributed by atoms with van der Waals surface area (Å²) in [6.07, 6.45) is 1.12. The van der Waals surface area contributed by atoms with Crippen LogP contribution in [0.4, 0.5) is 0 Å². The lowest BCUT2D eigenvalue weighted by atomic mass is 10.1. The highest BCUT2D eigenvalue weighted by atomic mass is 16.6. The summed E-state index contributed by atoms with van der Waals surface area (Å²) in [6, 6.07) is 0. The third-order valence-electron chi connectivity index (χ3n) is 1.89. The van der Waals surface area contributed by atoms with Crippen molar-refractivity contribution in [1.82, 2.24) is 0 Å². The Balaban J connectivity index is 3.76. The van der Waals surface area contributed by atoms with Gasteiger partial charge in [-0.05, 0) is 25.7 Å². The summed E-state index contributed by atoms with van der Waals surface area (Å²) in [5, 5.41) is 0. The standard InChI is InChI=1S/C12H22O4/c1-5-6-15-11(13)8-12(14)16-10(4)7-9(2)3/h9-10H,5-8H2,1-4H3. The summed E-state index contributed by atoms with van der Waals surface area (Å²) in [6.45, 7) is 8.19. The Kier molecular flexibility index (Phi) is 7.60. The van der Waals surface area contributed by atoms with Crippen molar-refractivity contribution in [1.29, 1.82) is 0 Å². The molecule has 0 aliphatic carbocycles. The lowest BCUT2D eigenvalue weighted by Gasteiger charge is -2.14. The second kappa shape index (κ2) is 8.13. The molecule has 4 heteroatoms. The first-order chi connectivity index (χ1) is 7.45. The fraction of sp³-hybridized carbons (Fsp3) is 0.833. The predicted octanol–water partition coefficient (Wildman–Crippen LogP) is 2.31. The first-order valence-corrected chi connectivity index (χ1v) is 5.80. The van der Waals surface area contributed by atoms with Gasteiger partial charge in [-0.2, -0.15) is 0 Å². The van der Waals surface area contributed by atoms with E-state index in [1.165, 1.54) is 0 Å². The van der Waals surface area contributed by atoms with Gasteiger partial charge < -0.3 is 9.47 Å². The van der Waals surface area contributed by atoms with Crippen molar-refractivity contribution < 1.29 is 19.1 Å². The van der Waals surface area contributed by atoms with Crippen LogP contribution in [-0.4, -0.2) is 24.6 Å². The van der Waals surface area contributed by atoms with Gasteiger partial charge >= 0.3 is 11.9 Å². The molecule has 0 amide bonds. The van der Waals surface area contributed by atoms with E-state index in [1.807, 2.05) is 13.8 Å². The van der Waals surface area contributed by atoms with Crippen molar-refractivity contribution >= 4 is 11.9 Å². The van der Waals surface area contributed by atoms with Crippen molar-refractivity contribution in [2.24, 2.45) is 5.92 Å². The lowest BCUT2D eigenvalue weighted by molar-refractivity contribution is -0.157. The molecule has 0 spiro atoms. The van der Waals surface area contributed by atoms with E-state index in [0.29, 0.717) is 12.5 Å². The van der Waals surface area contributed by atoms with Gasteiger partial charge in [-0.1, -0.05) is 20.8 Å². The summed E-state index contributed by atoms with van der Waals surface area (Å²) in [5.74, 6) is -0.548. The highest BCUT2D eigenvalue weighted by Crippen LogP contribution is 2.08. The molecule has 16 heavy (non-hydrogen) atoms. The minimum atomic E-state index is -0.511. The van der Waals surface area contributed by atoms with Crippen molar-refractivity contribution in [3.8, 4) is 0 Å². The summed E-state index contributed by atoms with van der Waals surface area (Å²) >= 11 is 0. The van der Waals surface area contributed by atoms with Crippen LogP contribution in [-0.2, 0) is 19.1 Å². The van der Waals surface area contributed by atoms with Crippen LogP contribution in [0.5, 0.6) is 0 Å². The molecule has 0 radical (unpaired) electrons. The molecule has 0 bridgehead atoms. The van der Waals surface area contributed by atoms with Crippen LogP contribution in [0.15, 0.2) is 0 Å². The molecule has 0 aliphatic rings. The molecule has 0 saturated carbocycles. The summed E-state index contributed by atoms with van der Waals surface area (Å²) < 4.78 is 9.86. The molecule has 0 aliphatic heterocycles. The molecular formula is C12H22O4. The van der Waals surface area contributed by atoms with E-state index in [1.54, 1.807) is 0 Å². The molecule has 0 aromatic heterocycles. The van der Waals surface area contributed by atoms with E-state index in [-0.39, 0.29) is 12.5 Å². The summed E-state index contributed by atoms with van der Waals surface area (Å²) in [4.78, 5) is 22.4. The molecule has 0 fully saturated rings. The third kappa shape index (κ3) is 8.26. The van der Waals surface area contributed by atoms with Crippen molar-refractivity contribution in [2.75, 3.05) is 6.61 Å². The summed E-state index contributed by atoms with van der Waals surface area (Å²) in [5.41, 5.74) is 0. The molecule has 1 unspecified atom stereocenters. The van der Waals surface area contributed by atoms with Gasteiger partial charge in [0.1, 0.15) is 6.42 Å². The van der Waals surface area contributed by atoms with Gasteiger partial charge in [0.25, 0.3) is 0 Å². The van der Waals surface area contributed by atoms with Crippen LogP contribution in [0.2, 0.25) is 0 Å². The maximum absolute atomic E-state index is 11.3. The lowest BCUT2D eigenvalue weighted by Crippen LogP contribution is -2.20. The van der Waals surface area contributed by atoms with Gasteiger partial charge in [0, 0.05) is 0 Å². The highest BCUT2D eigenvalue weighted by Gasteiger charge is 2.15. The fourth-order valence-electron chi connectivity index (χ4n) is 1.36. The molecule has 1 atom stereocenters. The maximum atomic E-state index is 11.3. The molecule has 0 rings (SSSR count). The number of ether oxygens (including phenoxy) is 2. The average molecular weight is 230 g/mol. The maximum Gasteiger partial charge on any atom is 0.317 e. The van der Waals surface area contributed by atoms with E-state index in [0.717, 1.165) is 12.8 Å². The fourth-order valence-corrected chi connectivity index (χ4v) is 1.36. The van der Waals surface area contributed by atoms with Gasteiger partial charge in [0.05, 0.1) is 12.7 Å². The summed E-state index contributed by atoms with van der Waals surface area (Å²) in [7, 11) is 0. The topological polar surface area (TPSA) is 52.6 Å². The average Bonchev–Trinajstić information content (AvgIpc) is 2.12. The van der Waals surface area contributed by atoms with E-state index in [9.17, 15) is 9.59 Å². The Morgan fingerprint density at radius 3 is 2.25 bits per heavy atom. The third-order valence-corrected chi connectivity index (χ3v) is 1.89. The van der Waals surface area contributed by atoms with Crippen LogP contribution in [0, 0.1) is 5.92 Å². The number of hydrogen-bond donors (Lipinski definition) is 0. The zero-order chi connectivity index (χ0) is 12.6. The first-order valence-electron chi connectivity index (χ1n) is 5.80. The Morgan fingerprint density at radius 1 is 1.12 bits per heavy atom. The molecule has 0 saturated heterocycles. The Morgan fingerprint density at radius 2 is 1.75 bits per heavy atom. The van der Waals surface area contributed by atoms with Gasteiger partial charge in [-0.25, -0.2) is 0 Å². The van der Waals surface area contributed by atoms with Crippen molar-refractivity contribution in [3.63, 3.8) is 0 Å². The van der Waals surface area contributed by atoms with E-state index < -0.39 is 11.9 Å². The highest BCUT2D eigenvalue weighted by molar-refractivity contribution is 5.91. The SMILES string of the molecule is CCCOC(=O)CC(=O)OC(C)CC(C)C. The minimum Gasteiger partial charge on any atom is -0.465 e. The molecule has 94 valence electrons. The van der Waals surface area contributed by atoms with Gasteiger partial charge in [-0.15, -0.1) is 0 Å². The van der Waals surface area contributed by atoms with Crippen LogP contribution in [0.25, 0.3) is 0 Å². The number of rotatable bonds is 7. The molecular weight excluding hydrogens is 208 g/mol. The minimum absolute atomic E-state index is 0.147. The van der Waals surface area contributed by atoms with Crippen LogP contribution >= 0.6 is 0 Å². The number of carbonyl (C=O) groups excluding carboxylic acids is 2. The largest absolute Gasteiger partial charge is 0.465 e. The Hall–Kier alpha value is -1.06. The van der Waals surface area contributed by atoms with E-state index >= 15 is 0 Å². The monoisotopic (exact) mass is 230 g/mol. The normalized spacial score (nSPS) is 12.3. The van der Waals surface area contributed by atoms with Gasteiger partial charge in [-0.3, -0.25) is 9.59 Å². The van der Waals surface area contributed by atoms with Gasteiger partial charge in [0.2, 0.25) is 0 Å². The van der Waals surface area contributed by atoms with Crippen LogP contribution in [0.1, 0.15) is 47.0 Å².